The van der Waals surface area contributed by atoms with E-state index in [2.05, 4.69) is 14.3 Å². The van der Waals surface area contributed by atoms with Crippen LogP contribution in [0.1, 0.15) is 23.1 Å². The summed E-state index contributed by atoms with van der Waals surface area (Å²) >= 11 is 0.715. The maximum absolute atomic E-state index is 13.0. The van der Waals surface area contributed by atoms with Gasteiger partial charge in [0.1, 0.15) is 23.4 Å². The molecule has 2 heterocycles. The first-order chi connectivity index (χ1) is 14.9. The molecule has 4 aromatic rings. The quantitative estimate of drug-likeness (QED) is 0.449. The summed E-state index contributed by atoms with van der Waals surface area (Å²) in [6.45, 7) is 0. The zero-order chi connectivity index (χ0) is 21.8. The molecular weight excluding hydrogens is 441 g/mol. The summed E-state index contributed by atoms with van der Waals surface area (Å²) in [7, 11) is -3.79. The molecule has 0 aliphatic rings. The number of sulfone groups is 1. The lowest BCUT2D eigenvalue weighted by Crippen LogP contribution is -2.06. The molecule has 7 nitrogen and oxygen atoms in total. The molecule has 10 heteroatoms. The summed E-state index contributed by atoms with van der Waals surface area (Å²) in [5.41, 5.74) is 1.01. The van der Waals surface area contributed by atoms with Crippen molar-refractivity contribution in [1.29, 1.82) is 0 Å². The van der Waals surface area contributed by atoms with Gasteiger partial charge in [-0.1, -0.05) is 12.1 Å². The smallest absolute Gasteiger partial charge is 0.229 e. The first kappa shape index (κ1) is 21.0. The van der Waals surface area contributed by atoms with E-state index in [-0.39, 0.29) is 21.7 Å². The Bertz CT molecular complexity index is 1280. The van der Waals surface area contributed by atoms with E-state index in [1.807, 2.05) is 0 Å². The van der Waals surface area contributed by atoms with Crippen molar-refractivity contribution in [3.05, 3.63) is 95.8 Å². The van der Waals surface area contributed by atoms with Gasteiger partial charge in [0.2, 0.25) is 14.2 Å². The maximum atomic E-state index is 13.0. The summed E-state index contributed by atoms with van der Waals surface area (Å²) < 4.78 is 48.1. The molecule has 0 aliphatic carbocycles. The third kappa shape index (κ3) is 5.10. The Balaban J connectivity index is 1.50. The van der Waals surface area contributed by atoms with Gasteiger partial charge in [0.05, 0.1) is 5.75 Å². The van der Waals surface area contributed by atoms with Crippen molar-refractivity contribution in [2.45, 2.75) is 16.2 Å². The van der Waals surface area contributed by atoms with Crippen LogP contribution in [0.5, 0.6) is 11.5 Å². The largest absolute Gasteiger partial charge is 0.457 e. The first-order valence-corrected chi connectivity index (χ1v) is 11.5. The molecular formula is C21H16FN3O4S2. The van der Waals surface area contributed by atoms with Crippen LogP contribution in [0.3, 0.4) is 0 Å². The predicted molar refractivity (Wildman–Crippen MR) is 112 cm³/mol. The number of hydrogen-bond acceptors (Lipinski definition) is 8. The van der Waals surface area contributed by atoms with Crippen LogP contribution in [0.2, 0.25) is 0 Å². The van der Waals surface area contributed by atoms with E-state index in [1.165, 1.54) is 36.7 Å². The highest BCUT2D eigenvalue weighted by Gasteiger charge is 2.24. The number of hydrogen-bond donors (Lipinski definition) is 1. The van der Waals surface area contributed by atoms with Crippen LogP contribution < -0.4 is 4.74 Å². The molecule has 31 heavy (non-hydrogen) atoms. The number of nitrogens with zero attached hydrogens (tertiary/aromatic N) is 3. The number of ether oxygens (including phenoxy) is 1. The third-order valence-corrected chi connectivity index (χ3v) is 7.11. The fourth-order valence-electron chi connectivity index (χ4n) is 2.77. The van der Waals surface area contributed by atoms with Crippen LogP contribution in [0.25, 0.3) is 0 Å². The van der Waals surface area contributed by atoms with Crippen LogP contribution >= 0.6 is 11.5 Å². The van der Waals surface area contributed by atoms with E-state index in [0.717, 1.165) is 0 Å². The van der Waals surface area contributed by atoms with Crippen molar-refractivity contribution in [3.63, 3.8) is 0 Å². The Morgan fingerprint density at radius 1 is 1.03 bits per heavy atom. The van der Waals surface area contributed by atoms with Gasteiger partial charge in [0.25, 0.3) is 0 Å². The zero-order valence-corrected chi connectivity index (χ0v) is 17.6. The monoisotopic (exact) mass is 457 g/mol. The van der Waals surface area contributed by atoms with Crippen molar-refractivity contribution in [2.24, 2.45) is 0 Å². The first-order valence-electron chi connectivity index (χ1n) is 9.07. The van der Waals surface area contributed by atoms with Gasteiger partial charge in [-0.05, 0) is 71.2 Å². The number of pyridine rings is 1. The topological polar surface area (TPSA) is 102 Å². The van der Waals surface area contributed by atoms with Crippen molar-refractivity contribution in [2.75, 3.05) is 0 Å². The van der Waals surface area contributed by atoms with E-state index in [9.17, 15) is 17.9 Å². The fourth-order valence-corrected chi connectivity index (χ4v) is 4.93. The van der Waals surface area contributed by atoms with Crippen LogP contribution in [0.15, 0.2) is 77.4 Å². The molecule has 0 radical (unpaired) electrons. The Morgan fingerprint density at radius 2 is 1.77 bits per heavy atom. The van der Waals surface area contributed by atoms with Crippen LogP contribution in [0.4, 0.5) is 4.39 Å². The SMILES string of the molecule is O=S(=O)(Cc1cccc(Oc2ccc(F)cc2)c1)c1nc(C(O)c2ccncc2)ns1. The standard InChI is InChI=1S/C21H16FN3O4S2/c22-16-4-6-17(7-5-16)29-18-3-1-2-14(12-18)13-31(27,28)21-24-20(25-30-21)19(26)15-8-10-23-11-9-15/h1-12,19,26H,13H2. The summed E-state index contributed by atoms with van der Waals surface area (Å²) in [5.74, 6) is 0.180. The molecule has 2 aromatic heterocycles. The van der Waals surface area contributed by atoms with Gasteiger partial charge in [-0.25, -0.2) is 17.8 Å². The minimum Gasteiger partial charge on any atom is -0.457 e. The van der Waals surface area contributed by atoms with E-state index in [1.54, 1.807) is 36.4 Å². The molecule has 0 bridgehead atoms. The average Bonchev–Trinajstić information content (AvgIpc) is 3.27. The molecule has 2 aromatic carbocycles. The summed E-state index contributed by atoms with van der Waals surface area (Å²) in [6, 6.07) is 15.3. The van der Waals surface area contributed by atoms with Gasteiger partial charge >= 0.3 is 0 Å². The number of halogens is 1. The van der Waals surface area contributed by atoms with E-state index in [4.69, 9.17) is 4.74 Å². The number of aliphatic hydroxyl groups excluding tert-OH is 1. The minimum atomic E-state index is -3.79. The number of aromatic nitrogens is 3. The van der Waals surface area contributed by atoms with E-state index >= 15 is 0 Å². The van der Waals surface area contributed by atoms with Crippen molar-refractivity contribution >= 4 is 21.4 Å². The highest BCUT2D eigenvalue weighted by atomic mass is 32.2. The molecule has 0 saturated heterocycles. The molecule has 158 valence electrons. The molecule has 1 atom stereocenters. The number of benzene rings is 2. The fraction of sp³-hybridized carbons (Fsp3) is 0.0952. The highest BCUT2D eigenvalue weighted by molar-refractivity contribution is 7.92. The van der Waals surface area contributed by atoms with Gasteiger partial charge in [0.15, 0.2) is 5.82 Å². The molecule has 1 unspecified atom stereocenters. The lowest BCUT2D eigenvalue weighted by atomic mass is 10.1. The van der Waals surface area contributed by atoms with Gasteiger partial charge in [0, 0.05) is 12.4 Å². The van der Waals surface area contributed by atoms with Crippen molar-refractivity contribution in [1.82, 2.24) is 14.3 Å². The number of rotatable bonds is 7. The summed E-state index contributed by atoms with van der Waals surface area (Å²) in [6.07, 6.45) is 1.89. The molecule has 0 fully saturated rings. The average molecular weight is 458 g/mol. The second-order valence-corrected chi connectivity index (χ2v) is 9.48. The maximum Gasteiger partial charge on any atom is 0.229 e. The predicted octanol–water partition coefficient (Wildman–Crippen LogP) is 3.92. The second-order valence-electron chi connectivity index (χ2n) is 6.56. The van der Waals surface area contributed by atoms with Gasteiger partial charge in [-0.2, -0.15) is 4.37 Å². The normalized spacial score (nSPS) is 12.5. The van der Waals surface area contributed by atoms with Gasteiger partial charge in [-0.3, -0.25) is 4.98 Å². The lowest BCUT2D eigenvalue weighted by Gasteiger charge is -2.08. The van der Waals surface area contributed by atoms with Crippen molar-refractivity contribution < 1.29 is 22.7 Å². The Morgan fingerprint density at radius 3 is 2.52 bits per heavy atom. The van der Waals surface area contributed by atoms with Crippen molar-refractivity contribution in [3.8, 4) is 11.5 Å². The van der Waals surface area contributed by atoms with Crippen LogP contribution in [0, 0.1) is 5.82 Å². The zero-order valence-electron chi connectivity index (χ0n) is 15.9. The van der Waals surface area contributed by atoms with E-state index < -0.39 is 15.9 Å². The number of aliphatic hydroxyl groups is 1. The van der Waals surface area contributed by atoms with Gasteiger partial charge in [-0.15, -0.1) is 0 Å². The Hall–Kier alpha value is -3.21. The molecule has 4 rings (SSSR count). The van der Waals surface area contributed by atoms with Gasteiger partial charge < -0.3 is 9.84 Å². The summed E-state index contributed by atoms with van der Waals surface area (Å²) in [4.78, 5) is 7.91. The Labute approximate surface area is 181 Å². The third-order valence-electron chi connectivity index (χ3n) is 4.26. The van der Waals surface area contributed by atoms with Crippen LogP contribution in [-0.2, 0) is 15.6 Å². The Kier molecular flexibility index (Phi) is 6.03. The molecule has 0 spiro atoms. The second kappa shape index (κ2) is 8.88. The molecule has 1 N–H and O–H groups in total. The minimum absolute atomic E-state index is 0.0168. The highest BCUT2D eigenvalue weighted by Crippen LogP contribution is 2.27. The molecule has 0 saturated carbocycles. The molecule has 0 amide bonds. The van der Waals surface area contributed by atoms with Crippen LogP contribution in [-0.4, -0.2) is 27.9 Å². The molecule has 0 aliphatic heterocycles. The lowest BCUT2D eigenvalue weighted by molar-refractivity contribution is 0.211. The summed E-state index contributed by atoms with van der Waals surface area (Å²) in [5, 5.41) is 10.4. The van der Waals surface area contributed by atoms with E-state index in [0.29, 0.717) is 34.2 Å².